The average molecular weight is 280 g/mol. The van der Waals surface area contributed by atoms with Crippen LogP contribution in [-0.2, 0) is 13.0 Å². The molecule has 0 atom stereocenters. The van der Waals surface area contributed by atoms with Gasteiger partial charge in [-0.1, -0.05) is 36.4 Å². The molecule has 2 aromatic carbocycles. The standard InChI is InChI=1S/C18H20N2O/c1-21-17-8-3-2-5-16(17)13-20-12-10-15-7-4-6-14(9-11-19)18(15)20/h2-8,10,12H,9,11,13,19H2,1H3. The van der Waals surface area contributed by atoms with Crippen LogP contribution in [0.2, 0.25) is 0 Å². The Bertz CT molecular complexity index is 746. The number of nitrogens with two attached hydrogens (primary N) is 1. The second-order valence-corrected chi connectivity index (χ2v) is 5.15. The third-order valence-corrected chi connectivity index (χ3v) is 3.82. The van der Waals surface area contributed by atoms with Crippen molar-refractivity contribution in [3.05, 3.63) is 65.9 Å². The Balaban J connectivity index is 2.04. The fourth-order valence-corrected chi connectivity index (χ4v) is 2.85. The van der Waals surface area contributed by atoms with Crippen molar-refractivity contribution < 1.29 is 4.74 Å². The van der Waals surface area contributed by atoms with Gasteiger partial charge in [-0.15, -0.1) is 0 Å². The van der Waals surface area contributed by atoms with Crippen molar-refractivity contribution >= 4 is 10.9 Å². The molecule has 3 nitrogen and oxygen atoms in total. The van der Waals surface area contributed by atoms with Gasteiger partial charge < -0.3 is 15.0 Å². The molecule has 3 heteroatoms. The third kappa shape index (κ3) is 2.65. The molecule has 1 aromatic heterocycles. The second kappa shape index (κ2) is 6.02. The Kier molecular flexibility index (Phi) is 3.93. The lowest BCUT2D eigenvalue weighted by atomic mass is 10.1. The maximum Gasteiger partial charge on any atom is 0.123 e. The number of fused-ring (bicyclic) bond motifs is 1. The zero-order chi connectivity index (χ0) is 14.7. The van der Waals surface area contributed by atoms with Gasteiger partial charge in [0.2, 0.25) is 0 Å². The topological polar surface area (TPSA) is 40.2 Å². The van der Waals surface area contributed by atoms with E-state index < -0.39 is 0 Å². The van der Waals surface area contributed by atoms with Gasteiger partial charge in [0, 0.05) is 11.8 Å². The maximum atomic E-state index is 5.74. The van der Waals surface area contributed by atoms with Crippen molar-refractivity contribution in [1.82, 2.24) is 4.57 Å². The zero-order valence-electron chi connectivity index (χ0n) is 12.3. The number of para-hydroxylation sites is 2. The van der Waals surface area contributed by atoms with Crippen molar-refractivity contribution in [1.29, 1.82) is 0 Å². The largest absolute Gasteiger partial charge is 0.496 e. The van der Waals surface area contributed by atoms with Crippen LogP contribution in [0.3, 0.4) is 0 Å². The van der Waals surface area contributed by atoms with Crippen LogP contribution in [0.4, 0.5) is 0 Å². The van der Waals surface area contributed by atoms with Crippen LogP contribution in [0.15, 0.2) is 54.7 Å². The van der Waals surface area contributed by atoms with Gasteiger partial charge in [-0.25, -0.2) is 0 Å². The van der Waals surface area contributed by atoms with E-state index in [2.05, 4.69) is 41.1 Å². The molecule has 2 N–H and O–H groups in total. The molecule has 0 aliphatic rings. The summed E-state index contributed by atoms with van der Waals surface area (Å²) >= 11 is 0. The highest BCUT2D eigenvalue weighted by molar-refractivity contribution is 5.83. The number of methoxy groups -OCH3 is 1. The number of nitrogens with zero attached hydrogens (tertiary/aromatic N) is 1. The Morgan fingerprint density at radius 2 is 1.81 bits per heavy atom. The molecule has 0 unspecified atom stereocenters. The summed E-state index contributed by atoms with van der Waals surface area (Å²) in [6, 6.07) is 16.7. The van der Waals surface area contributed by atoms with Gasteiger partial charge in [0.25, 0.3) is 0 Å². The van der Waals surface area contributed by atoms with Crippen molar-refractivity contribution in [2.75, 3.05) is 13.7 Å². The van der Waals surface area contributed by atoms with Crippen LogP contribution in [0, 0.1) is 0 Å². The summed E-state index contributed by atoms with van der Waals surface area (Å²) < 4.78 is 7.73. The van der Waals surface area contributed by atoms with Gasteiger partial charge in [-0.05, 0) is 36.0 Å². The molecular formula is C18H20N2O. The molecule has 0 fully saturated rings. The molecule has 21 heavy (non-hydrogen) atoms. The number of hydrogen-bond acceptors (Lipinski definition) is 2. The predicted octanol–water partition coefficient (Wildman–Crippen LogP) is 3.20. The quantitative estimate of drug-likeness (QED) is 0.779. The molecule has 3 aromatic rings. The number of aromatic nitrogens is 1. The molecule has 0 bridgehead atoms. The minimum Gasteiger partial charge on any atom is -0.496 e. The van der Waals surface area contributed by atoms with Crippen LogP contribution in [0.5, 0.6) is 5.75 Å². The molecule has 0 amide bonds. The van der Waals surface area contributed by atoms with Crippen molar-refractivity contribution in [3.63, 3.8) is 0 Å². The van der Waals surface area contributed by atoms with E-state index in [4.69, 9.17) is 10.5 Å². The lowest BCUT2D eigenvalue weighted by Crippen LogP contribution is -2.06. The summed E-state index contributed by atoms with van der Waals surface area (Å²) in [6.45, 7) is 1.47. The second-order valence-electron chi connectivity index (χ2n) is 5.15. The first-order chi connectivity index (χ1) is 10.3. The molecular weight excluding hydrogens is 260 g/mol. The van der Waals surface area contributed by atoms with E-state index in [9.17, 15) is 0 Å². The van der Waals surface area contributed by atoms with Gasteiger partial charge in [0.05, 0.1) is 19.2 Å². The lowest BCUT2D eigenvalue weighted by Gasteiger charge is -2.12. The first kappa shape index (κ1) is 13.7. The SMILES string of the molecule is COc1ccccc1Cn1ccc2cccc(CCN)c21. The minimum atomic E-state index is 0.666. The van der Waals surface area contributed by atoms with E-state index in [-0.39, 0.29) is 0 Å². The summed E-state index contributed by atoms with van der Waals surface area (Å²) in [5.41, 5.74) is 9.49. The predicted molar refractivity (Wildman–Crippen MR) is 86.8 cm³/mol. The molecule has 0 aliphatic carbocycles. The van der Waals surface area contributed by atoms with Crippen LogP contribution in [0.1, 0.15) is 11.1 Å². The zero-order valence-corrected chi connectivity index (χ0v) is 12.3. The summed E-state index contributed by atoms with van der Waals surface area (Å²) in [5, 5.41) is 1.26. The van der Waals surface area contributed by atoms with Crippen LogP contribution >= 0.6 is 0 Å². The Morgan fingerprint density at radius 3 is 2.62 bits per heavy atom. The van der Waals surface area contributed by atoms with E-state index in [0.717, 1.165) is 18.7 Å². The van der Waals surface area contributed by atoms with E-state index in [1.54, 1.807) is 7.11 Å². The van der Waals surface area contributed by atoms with Gasteiger partial charge in [0.1, 0.15) is 5.75 Å². The first-order valence-corrected chi connectivity index (χ1v) is 7.22. The molecule has 0 saturated heterocycles. The van der Waals surface area contributed by atoms with Gasteiger partial charge in [-0.3, -0.25) is 0 Å². The van der Waals surface area contributed by atoms with Crippen LogP contribution in [0.25, 0.3) is 10.9 Å². The number of ether oxygens (including phenoxy) is 1. The number of rotatable bonds is 5. The Hall–Kier alpha value is -2.26. The van der Waals surface area contributed by atoms with E-state index >= 15 is 0 Å². The van der Waals surface area contributed by atoms with Gasteiger partial charge in [0.15, 0.2) is 0 Å². The van der Waals surface area contributed by atoms with Crippen molar-refractivity contribution in [2.24, 2.45) is 5.73 Å². The highest BCUT2D eigenvalue weighted by Gasteiger charge is 2.08. The summed E-state index contributed by atoms with van der Waals surface area (Å²) in [6.07, 6.45) is 3.03. The molecule has 0 radical (unpaired) electrons. The van der Waals surface area contributed by atoms with Crippen LogP contribution in [-0.4, -0.2) is 18.2 Å². The van der Waals surface area contributed by atoms with Gasteiger partial charge in [-0.2, -0.15) is 0 Å². The molecule has 0 saturated carbocycles. The Labute approximate surface area is 125 Å². The highest BCUT2D eigenvalue weighted by atomic mass is 16.5. The fraction of sp³-hybridized carbons (Fsp3) is 0.222. The molecule has 3 rings (SSSR count). The fourth-order valence-electron chi connectivity index (χ4n) is 2.85. The first-order valence-electron chi connectivity index (χ1n) is 7.22. The molecule has 1 heterocycles. The summed E-state index contributed by atoms with van der Waals surface area (Å²) in [7, 11) is 1.71. The normalized spacial score (nSPS) is 11.0. The summed E-state index contributed by atoms with van der Waals surface area (Å²) in [5.74, 6) is 0.927. The van der Waals surface area contributed by atoms with E-state index in [1.807, 2.05) is 18.2 Å². The molecule has 108 valence electrons. The van der Waals surface area contributed by atoms with Gasteiger partial charge >= 0.3 is 0 Å². The maximum absolute atomic E-state index is 5.74. The number of benzene rings is 2. The van der Waals surface area contributed by atoms with E-state index in [1.165, 1.54) is 22.0 Å². The Morgan fingerprint density at radius 1 is 1.00 bits per heavy atom. The van der Waals surface area contributed by atoms with Crippen molar-refractivity contribution in [2.45, 2.75) is 13.0 Å². The lowest BCUT2D eigenvalue weighted by molar-refractivity contribution is 0.408. The van der Waals surface area contributed by atoms with Crippen LogP contribution < -0.4 is 10.5 Å². The smallest absolute Gasteiger partial charge is 0.123 e. The van der Waals surface area contributed by atoms with E-state index in [0.29, 0.717) is 6.54 Å². The van der Waals surface area contributed by atoms with Crippen molar-refractivity contribution in [3.8, 4) is 5.75 Å². The highest BCUT2D eigenvalue weighted by Crippen LogP contribution is 2.24. The molecule has 0 aliphatic heterocycles. The number of hydrogen-bond donors (Lipinski definition) is 1. The minimum absolute atomic E-state index is 0.666. The molecule has 0 spiro atoms. The monoisotopic (exact) mass is 280 g/mol. The third-order valence-electron chi connectivity index (χ3n) is 3.82. The summed E-state index contributed by atoms with van der Waals surface area (Å²) in [4.78, 5) is 0. The average Bonchev–Trinajstić information content (AvgIpc) is 2.92.